The highest BCUT2D eigenvalue weighted by Gasteiger charge is 2.55. The molecular formula is C26H30N2O4S. The third kappa shape index (κ3) is 3.97. The average Bonchev–Trinajstić information content (AvgIpc) is 3.30. The van der Waals surface area contributed by atoms with Crippen LogP contribution in [0.25, 0.3) is 0 Å². The fraction of sp³-hybridized carbons (Fsp3) is 0.500. The summed E-state index contributed by atoms with van der Waals surface area (Å²) in [6.45, 7) is 4.53. The van der Waals surface area contributed by atoms with Gasteiger partial charge in [0.15, 0.2) is 5.78 Å². The minimum atomic E-state index is -0.359. The molecule has 0 radical (unpaired) electrons. The first-order valence-electron chi connectivity index (χ1n) is 11.7. The van der Waals surface area contributed by atoms with Gasteiger partial charge >= 0.3 is 0 Å². The molecule has 33 heavy (non-hydrogen) atoms. The molecule has 7 heteroatoms. The van der Waals surface area contributed by atoms with Crippen molar-refractivity contribution >= 4 is 28.9 Å². The second-order valence-electron chi connectivity index (χ2n) is 9.80. The van der Waals surface area contributed by atoms with Gasteiger partial charge in [0.1, 0.15) is 5.75 Å². The van der Waals surface area contributed by atoms with Gasteiger partial charge in [0.2, 0.25) is 5.91 Å². The van der Waals surface area contributed by atoms with E-state index in [0.29, 0.717) is 22.8 Å². The van der Waals surface area contributed by atoms with Gasteiger partial charge in [0.25, 0.3) is 5.91 Å². The quantitative estimate of drug-likeness (QED) is 0.621. The number of nitrogens with zero attached hydrogens (tertiary/aromatic N) is 2. The molecule has 0 N–H and O–H groups in total. The fourth-order valence-electron chi connectivity index (χ4n) is 5.46. The molecule has 174 valence electrons. The van der Waals surface area contributed by atoms with Crippen molar-refractivity contribution in [1.82, 2.24) is 9.80 Å². The number of likely N-dealkylation sites (tertiary alicyclic amines) is 2. The number of Topliss-reactive ketones (excluding diaryl/α,β-unsaturated/α-hetero) is 1. The summed E-state index contributed by atoms with van der Waals surface area (Å²) < 4.78 is 5.27. The normalized spacial score (nSPS) is 20.7. The van der Waals surface area contributed by atoms with Gasteiger partial charge < -0.3 is 14.5 Å². The Morgan fingerprint density at radius 1 is 0.848 bits per heavy atom. The summed E-state index contributed by atoms with van der Waals surface area (Å²) in [4.78, 5) is 43.2. The Kier molecular flexibility index (Phi) is 5.55. The monoisotopic (exact) mass is 466 g/mol. The van der Waals surface area contributed by atoms with Crippen molar-refractivity contribution < 1.29 is 19.1 Å². The number of thiophene rings is 1. The molecule has 3 heterocycles. The lowest BCUT2D eigenvalue weighted by Crippen LogP contribution is -2.45. The molecule has 0 unspecified atom stereocenters. The lowest BCUT2D eigenvalue weighted by Gasteiger charge is -2.39. The Balaban J connectivity index is 1.21. The molecule has 1 aromatic heterocycles. The highest BCUT2D eigenvalue weighted by atomic mass is 32.1. The molecule has 0 bridgehead atoms. The van der Waals surface area contributed by atoms with Crippen molar-refractivity contribution in [3.8, 4) is 5.75 Å². The molecule has 1 saturated carbocycles. The molecule has 6 nitrogen and oxygen atoms in total. The summed E-state index contributed by atoms with van der Waals surface area (Å²) >= 11 is 1.28. The summed E-state index contributed by atoms with van der Waals surface area (Å²) in [5, 5.41) is 0. The molecule has 3 aliphatic rings. The zero-order valence-corrected chi connectivity index (χ0v) is 20.1. The Morgan fingerprint density at radius 2 is 1.45 bits per heavy atom. The minimum Gasteiger partial charge on any atom is -0.497 e. The van der Waals surface area contributed by atoms with Crippen LogP contribution in [-0.4, -0.2) is 60.7 Å². The van der Waals surface area contributed by atoms with E-state index in [-0.39, 0.29) is 28.4 Å². The van der Waals surface area contributed by atoms with Crippen molar-refractivity contribution in [3.63, 3.8) is 0 Å². The number of ether oxygens (including phenoxy) is 1. The SMILES string of the molecule is COc1ccc(C2(C(=O)N3CCC4(CCN(C(=O)c5ccc(C(C)=O)s5)CC4)C3)CC2)cc1. The topological polar surface area (TPSA) is 66.9 Å². The van der Waals surface area contributed by atoms with Gasteiger partial charge in [0, 0.05) is 26.2 Å². The van der Waals surface area contributed by atoms with Gasteiger partial charge in [-0.05, 0) is 74.3 Å². The molecule has 2 saturated heterocycles. The van der Waals surface area contributed by atoms with E-state index < -0.39 is 0 Å². The largest absolute Gasteiger partial charge is 0.497 e. The number of carbonyl (C=O) groups excluding carboxylic acids is 3. The van der Waals surface area contributed by atoms with E-state index in [0.717, 1.165) is 56.5 Å². The second kappa shape index (κ2) is 8.28. The number of piperidine rings is 1. The highest BCUT2D eigenvalue weighted by molar-refractivity contribution is 7.15. The average molecular weight is 467 g/mol. The molecule has 0 atom stereocenters. The van der Waals surface area contributed by atoms with Crippen LogP contribution in [0.5, 0.6) is 5.75 Å². The van der Waals surface area contributed by atoms with Gasteiger partial charge in [0.05, 0.1) is 22.3 Å². The number of hydrogen-bond acceptors (Lipinski definition) is 5. The van der Waals surface area contributed by atoms with Crippen molar-refractivity contribution in [2.24, 2.45) is 5.41 Å². The first-order chi connectivity index (χ1) is 15.9. The number of carbonyl (C=O) groups is 3. The van der Waals surface area contributed by atoms with Crippen LogP contribution in [0.3, 0.4) is 0 Å². The Morgan fingerprint density at radius 3 is 2.00 bits per heavy atom. The molecule has 2 aromatic rings. The summed E-state index contributed by atoms with van der Waals surface area (Å²) in [5.74, 6) is 1.09. The lowest BCUT2D eigenvalue weighted by molar-refractivity contribution is -0.133. The maximum absolute atomic E-state index is 13.5. The predicted molar refractivity (Wildman–Crippen MR) is 127 cm³/mol. The standard InChI is InChI=1S/C26H30N2O4S/c1-18(29)21-7-8-22(33-21)23(30)27-14-11-25(12-15-27)13-16-28(17-25)24(31)26(9-10-26)19-3-5-20(32-2)6-4-19/h3-8H,9-17H2,1-2H3. The van der Waals surface area contributed by atoms with Crippen LogP contribution in [0.4, 0.5) is 0 Å². The summed E-state index contributed by atoms with van der Waals surface area (Å²) in [6, 6.07) is 11.4. The third-order valence-corrected chi connectivity index (χ3v) is 8.98. The van der Waals surface area contributed by atoms with Crippen LogP contribution in [0.1, 0.15) is 63.9 Å². The zero-order chi connectivity index (χ0) is 23.2. The zero-order valence-electron chi connectivity index (χ0n) is 19.3. The maximum atomic E-state index is 13.5. The molecule has 2 aliphatic heterocycles. The molecule has 5 rings (SSSR count). The van der Waals surface area contributed by atoms with Crippen LogP contribution >= 0.6 is 11.3 Å². The van der Waals surface area contributed by atoms with Gasteiger partial charge in [-0.25, -0.2) is 0 Å². The fourth-order valence-corrected chi connectivity index (χ4v) is 6.33. The number of benzene rings is 1. The van der Waals surface area contributed by atoms with Crippen molar-refractivity contribution in [3.05, 3.63) is 51.7 Å². The Labute approximate surface area is 198 Å². The smallest absolute Gasteiger partial charge is 0.263 e. The van der Waals surface area contributed by atoms with Crippen LogP contribution in [0.15, 0.2) is 36.4 Å². The molecular weight excluding hydrogens is 436 g/mol. The van der Waals surface area contributed by atoms with Gasteiger partial charge in [-0.15, -0.1) is 11.3 Å². The van der Waals surface area contributed by atoms with E-state index in [4.69, 9.17) is 4.74 Å². The predicted octanol–water partition coefficient (Wildman–Crippen LogP) is 4.15. The van der Waals surface area contributed by atoms with Gasteiger partial charge in [-0.3, -0.25) is 14.4 Å². The van der Waals surface area contributed by atoms with Crippen LogP contribution in [-0.2, 0) is 10.2 Å². The van der Waals surface area contributed by atoms with Crippen molar-refractivity contribution in [2.45, 2.75) is 44.4 Å². The number of rotatable bonds is 5. The molecule has 1 aliphatic carbocycles. The molecule has 3 fully saturated rings. The Hall–Kier alpha value is -2.67. The summed E-state index contributed by atoms with van der Waals surface area (Å²) in [5.41, 5.74) is 0.848. The van der Waals surface area contributed by atoms with E-state index in [1.807, 2.05) is 29.2 Å². The first-order valence-corrected chi connectivity index (χ1v) is 12.5. The first kappa shape index (κ1) is 22.1. The van der Waals surface area contributed by atoms with Crippen LogP contribution in [0.2, 0.25) is 0 Å². The van der Waals surface area contributed by atoms with Crippen LogP contribution in [0, 0.1) is 5.41 Å². The van der Waals surface area contributed by atoms with Crippen LogP contribution < -0.4 is 4.74 Å². The number of ketones is 1. The van der Waals surface area contributed by atoms with Crippen molar-refractivity contribution in [2.75, 3.05) is 33.3 Å². The number of hydrogen-bond donors (Lipinski definition) is 0. The third-order valence-electron chi connectivity index (χ3n) is 7.80. The summed E-state index contributed by atoms with van der Waals surface area (Å²) in [6.07, 6.45) is 4.67. The minimum absolute atomic E-state index is 0.00423. The highest BCUT2D eigenvalue weighted by Crippen LogP contribution is 2.52. The summed E-state index contributed by atoms with van der Waals surface area (Å²) in [7, 11) is 1.65. The Bertz CT molecular complexity index is 1080. The number of amides is 2. The van der Waals surface area contributed by atoms with Gasteiger partial charge in [-0.1, -0.05) is 12.1 Å². The maximum Gasteiger partial charge on any atom is 0.263 e. The lowest BCUT2D eigenvalue weighted by atomic mass is 9.77. The molecule has 2 amide bonds. The second-order valence-corrected chi connectivity index (χ2v) is 10.9. The van der Waals surface area contributed by atoms with E-state index >= 15 is 0 Å². The molecule has 1 aromatic carbocycles. The van der Waals surface area contributed by atoms with E-state index in [1.165, 1.54) is 18.3 Å². The van der Waals surface area contributed by atoms with E-state index in [1.54, 1.807) is 19.2 Å². The van der Waals surface area contributed by atoms with E-state index in [2.05, 4.69) is 4.90 Å². The molecule has 1 spiro atoms. The van der Waals surface area contributed by atoms with Crippen molar-refractivity contribution in [1.29, 1.82) is 0 Å². The number of methoxy groups -OCH3 is 1. The van der Waals surface area contributed by atoms with E-state index in [9.17, 15) is 14.4 Å². The van der Waals surface area contributed by atoms with Gasteiger partial charge in [-0.2, -0.15) is 0 Å².